The minimum atomic E-state index is -0.487. The van der Waals surface area contributed by atoms with Crippen LogP contribution in [0.5, 0.6) is 0 Å². The second kappa shape index (κ2) is 6.94. The lowest BCUT2D eigenvalue weighted by Gasteiger charge is -2.13. The van der Waals surface area contributed by atoms with Crippen molar-refractivity contribution in [1.29, 1.82) is 0 Å². The van der Waals surface area contributed by atoms with Gasteiger partial charge in [-0.05, 0) is 17.7 Å². The normalized spacial score (nSPS) is 11.0. The first kappa shape index (κ1) is 18.5. The van der Waals surface area contributed by atoms with Crippen LogP contribution in [0, 0.1) is 0 Å². The van der Waals surface area contributed by atoms with Gasteiger partial charge in [0, 0.05) is 20.3 Å². The zero-order valence-electron chi connectivity index (χ0n) is 16.2. The molecule has 4 aromatic rings. The molecule has 0 amide bonds. The zero-order valence-corrected chi connectivity index (χ0v) is 16.2. The van der Waals surface area contributed by atoms with Crippen LogP contribution in [0.15, 0.2) is 70.4 Å². The summed E-state index contributed by atoms with van der Waals surface area (Å²) in [5, 5.41) is 0.403. The van der Waals surface area contributed by atoms with Crippen molar-refractivity contribution < 1.29 is 9.53 Å². The summed E-state index contributed by atoms with van der Waals surface area (Å²) in [5.74, 6) is -0.487. The van der Waals surface area contributed by atoms with Crippen LogP contribution in [0.25, 0.3) is 27.8 Å². The third-order valence-corrected chi connectivity index (χ3v) is 5.06. The largest absolute Gasteiger partial charge is 0.465 e. The van der Waals surface area contributed by atoms with Crippen molar-refractivity contribution in [2.45, 2.75) is 0 Å². The van der Waals surface area contributed by atoms with Gasteiger partial charge in [-0.25, -0.2) is 9.59 Å². The minimum Gasteiger partial charge on any atom is -0.465 e. The Kier molecular flexibility index (Phi) is 4.43. The lowest BCUT2D eigenvalue weighted by atomic mass is 10.1. The third-order valence-electron chi connectivity index (χ3n) is 5.06. The molecule has 0 saturated carbocycles. The average Bonchev–Trinajstić information content (AvgIpc) is 3.17. The van der Waals surface area contributed by atoms with E-state index in [2.05, 4.69) is 0 Å². The number of hydrogen-bond acceptors (Lipinski definition) is 4. The molecule has 0 spiro atoms. The number of aromatic nitrogens is 3. The topological polar surface area (TPSA) is 75.2 Å². The highest BCUT2D eigenvalue weighted by atomic mass is 16.5. The standard InChI is InChI=1S/C22H19N3O4/c1-23-17-13-25(16-12-8-7-11-15(16)21(27)29-3)19(14-9-5-4-6-10-14)18(17)20(26)24(2)22(23)28/h4-13H,1-3H3. The summed E-state index contributed by atoms with van der Waals surface area (Å²) >= 11 is 0. The summed E-state index contributed by atoms with van der Waals surface area (Å²) in [4.78, 5) is 37.9. The van der Waals surface area contributed by atoms with E-state index in [1.165, 1.54) is 18.7 Å². The summed E-state index contributed by atoms with van der Waals surface area (Å²) in [5.41, 5.74) is 1.98. The average molecular weight is 389 g/mol. The van der Waals surface area contributed by atoms with Crippen LogP contribution >= 0.6 is 0 Å². The van der Waals surface area contributed by atoms with Gasteiger partial charge in [0.05, 0.1) is 35.0 Å². The quantitative estimate of drug-likeness (QED) is 0.505. The number of carbonyl (C=O) groups excluding carboxylic acids is 1. The van der Waals surface area contributed by atoms with Crippen molar-refractivity contribution in [3.63, 3.8) is 0 Å². The van der Waals surface area contributed by atoms with E-state index in [0.29, 0.717) is 27.8 Å². The van der Waals surface area contributed by atoms with Gasteiger partial charge in [-0.2, -0.15) is 0 Å². The molecule has 7 heteroatoms. The molecular formula is C22H19N3O4. The maximum atomic E-state index is 13.1. The van der Waals surface area contributed by atoms with Crippen molar-refractivity contribution in [3.8, 4) is 16.9 Å². The molecule has 0 aliphatic carbocycles. The molecule has 0 radical (unpaired) electrons. The number of methoxy groups -OCH3 is 1. The molecule has 2 aromatic carbocycles. The van der Waals surface area contributed by atoms with E-state index < -0.39 is 17.2 Å². The number of para-hydroxylation sites is 1. The molecule has 0 saturated heterocycles. The molecule has 0 unspecified atom stereocenters. The van der Waals surface area contributed by atoms with Gasteiger partial charge < -0.3 is 9.30 Å². The van der Waals surface area contributed by atoms with Crippen LogP contribution in [0.2, 0.25) is 0 Å². The van der Waals surface area contributed by atoms with Gasteiger partial charge >= 0.3 is 11.7 Å². The van der Waals surface area contributed by atoms with Gasteiger partial charge in [-0.3, -0.25) is 13.9 Å². The van der Waals surface area contributed by atoms with Gasteiger partial charge in [0.15, 0.2) is 0 Å². The van der Waals surface area contributed by atoms with Crippen molar-refractivity contribution in [2.75, 3.05) is 7.11 Å². The number of aryl methyl sites for hydroxylation is 1. The highest BCUT2D eigenvalue weighted by Crippen LogP contribution is 2.32. The van der Waals surface area contributed by atoms with Crippen LogP contribution in [0.1, 0.15) is 10.4 Å². The summed E-state index contributed by atoms with van der Waals surface area (Å²) in [7, 11) is 4.40. The third kappa shape index (κ3) is 2.79. The van der Waals surface area contributed by atoms with Crippen molar-refractivity contribution in [3.05, 3.63) is 87.2 Å². The van der Waals surface area contributed by atoms with E-state index in [0.717, 1.165) is 10.1 Å². The summed E-state index contributed by atoms with van der Waals surface area (Å²) in [6.45, 7) is 0. The van der Waals surface area contributed by atoms with Crippen molar-refractivity contribution in [1.82, 2.24) is 13.7 Å². The summed E-state index contributed by atoms with van der Waals surface area (Å²) in [6.07, 6.45) is 1.71. The number of fused-ring (bicyclic) bond motifs is 1. The zero-order chi connectivity index (χ0) is 20.7. The molecule has 7 nitrogen and oxygen atoms in total. The number of benzene rings is 2. The van der Waals surface area contributed by atoms with Gasteiger partial charge in [0.1, 0.15) is 0 Å². The number of esters is 1. The van der Waals surface area contributed by atoms with Crippen LogP contribution < -0.4 is 11.2 Å². The van der Waals surface area contributed by atoms with E-state index in [9.17, 15) is 14.4 Å². The molecule has 0 atom stereocenters. The fourth-order valence-electron chi connectivity index (χ4n) is 3.58. The first-order chi connectivity index (χ1) is 14.0. The molecule has 0 N–H and O–H groups in total. The Morgan fingerprint density at radius 2 is 1.55 bits per heavy atom. The van der Waals surface area contributed by atoms with Crippen molar-refractivity contribution >= 4 is 16.9 Å². The van der Waals surface area contributed by atoms with Gasteiger partial charge in [-0.15, -0.1) is 0 Å². The molecular weight excluding hydrogens is 370 g/mol. The molecule has 0 aliphatic heterocycles. The van der Waals surface area contributed by atoms with E-state index in [4.69, 9.17) is 4.74 Å². The number of ether oxygens (including phenoxy) is 1. The molecule has 146 valence electrons. The smallest absolute Gasteiger partial charge is 0.339 e. The molecule has 4 rings (SSSR count). The molecule has 29 heavy (non-hydrogen) atoms. The molecule has 0 aliphatic rings. The Bertz CT molecular complexity index is 1360. The maximum absolute atomic E-state index is 13.1. The lowest BCUT2D eigenvalue weighted by molar-refractivity contribution is 0.0601. The van der Waals surface area contributed by atoms with E-state index in [1.54, 1.807) is 42.1 Å². The van der Waals surface area contributed by atoms with Crippen LogP contribution in [-0.4, -0.2) is 26.8 Å². The number of carbonyl (C=O) groups is 1. The number of rotatable bonds is 3. The Labute approximate surface area is 166 Å². The Morgan fingerprint density at radius 3 is 2.24 bits per heavy atom. The predicted molar refractivity (Wildman–Crippen MR) is 111 cm³/mol. The van der Waals surface area contributed by atoms with Gasteiger partial charge in [0.2, 0.25) is 0 Å². The Morgan fingerprint density at radius 1 is 0.897 bits per heavy atom. The fourth-order valence-corrected chi connectivity index (χ4v) is 3.58. The van der Waals surface area contributed by atoms with Crippen LogP contribution in [-0.2, 0) is 18.8 Å². The molecule has 2 aromatic heterocycles. The van der Waals surface area contributed by atoms with Crippen molar-refractivity contribution in [2.24, 2.45) is 14.1 Å². The van der Waals surface area contributed by atoms with E-state index >= 15 is 0 Å². The minimum absolute atomic E-state index is 0.356. The fraction of sp³-hybridized carbons (Fsp3) is 0.136. The number of nitrogens with zero attached hydrogens (tertiary/aromatic N) is 3. The Hall–Kier alpha value is -3.87. The second-order valence-corrected chi connectivity index (χ2v) is 6.69. The highest BCUT2D eigenvalue weighted by Gasteiger charge is 2.22. The SMILES string of the molecule is COC(=O)c1ccccc1-n1cc2c(c1-c1ccccc1)c(=O)n(C)c(=O)n2C. The first-order valence-electron chi connectivity index (χ1n) is 9.00. The lowest BCUT2D eigenvalue weighted by Crippen LogP contribution is -2.36. The maximum Gasteiger partial charge on any atom is 0.339 e. The predicted octanol–water partition coefficient (Wildman–Crippen LogP) is 2.48. The summed E-state index contributed by atoms with van der Waals surface area (Å²) in [6, 6.07) is 16.4. The van der Waals surface area contributed by atoms with Crippen LogP contribution in [0.4, 0.5) is 0 Å². The van der Waals surface area contributed by atoms with Gasteiger partial charge in [-0.1, -0.05) is 42.5 Å². The highest BCUT2D eigenvalue weighted by molar-refractivity contribution is 5.98. The molecule has 2 heterocycles. The van der Waals surface area contributed by atoms with E-state index in [-0.39, 0.29) is 0 Å². The van der Waals surface area contributed by atoms with Gasteiger partial charge in [0.25, 0.3) is 5.56 Å². The van der Waals surface area contributed by atoms with E-state index in [1.807, 2.05) is 30.3 Å². The summed E-state index contributed by atoms with van der Waals surface area (Å²) < 4.78 is 9.22. The second-order valence-electron chi connectivity index (χ2n) is 6.69. The monoisotopic (exact) mass is 389 g/mol. The van der Waals surface area contributed by atoms with Crippen LogP contribution in [0.3, 0.4) is 0 Å². The first-order valence-corrected chi connectivity index (χ1v) is 9.00. The molecule has 0 fully saturated rings. The Balaban J connectivity index is 2.22. The number of hydrogen-bond donors (Lipinski definition) is 0. The molecule has 0 bridgehead atoms.